The number of hydrogen-bond acceptors (Lipinski definition) is 4. The van der Waals surface area contributed by atoms with E-state index < -0.39 is 0 Å². The lowest BCUT2D eigenvalue weighted by Gasteiger charge is -2.37. The molecule has 3 aromatic rings. The summed E-state index contributed by atoms with van der Waals surface area (Å²) in [5.41, 5.74) is 5.77. The number of amides is 1. The normalized spacial score (nSPS) is 14.3. The van der Waals surface area contributed by atoms with Crippen LogP contribution < -0.4 is 4.90 Å². The highest BCUT2D eigenvalue weighted by Gasteiger charge is 2.23. The number of nitrogens with zero attached hydrogens (tertiary/aromatic N) is 3. The van der Waals surface area contributed by atoms with E-state index in [2.05, 4.69) is 41.9 Å². The Balaban J connectivity index is 1.36. The molecule has 29 heavy (non-hydrogen) atoms. The predicted molar refractivity (Wildman–Crippen MR) is 121 cm³/mol. The number of carbonyl (C=O) groups excluding carboxylic acids is 1. The Morgan fingerprint density at radius 1 is 1.07 bits per heavy atom. The highest BCUT2D eigenvalue weighted by Crippen LogP contribution is 2.26. The summed E-state index contributed by atoms with van der Waals surface area (Å²) in [5, 5.41) is 3.61. The summed E-state index contributed by atoms with van der Waals surface area (Å²) in [4.78, 5) is 21.8. The van der Waals surface area contributed by atoms with Crippen molar-refractivity contribution in [3.63, 3.8) is 0 Å². The lowest BCUT2D eigenvalue weighted by atomic mass is 10.1. The summed E-state index contributed by atoms with van der Waals surface area (Å²) in [7, 11) is 0. The van der Waals surface area contributed by atoms with Crippen molar-refractivity contribution in [2.45, 2.75) is 20.3 Å². The number of piperazine rings is 1. The quantitative estimate of drug-likeness (QED) is 0.592. The highest BCUT2D eigenvalue weighted by atomic mass is 35.5. The van der Waals surface area contributed by atoms with Crippen LogP contribution in [0.1, 0.15) is 16.8 Å². The average Bonchev–Trinajstić information content (AvgIpc) is 3.19. The van der Waals surface area contributed by atoms with E-state index in [1.807, 2.05) is 34.5 Å². The second-order valence-electron chi connectivity index (χ2n) is 7.41. The zero-order chi connectivity index (χ0) is 20.4. The molecule has 0 atom stereocenters. The summed E-state index contributed by atoms with van der Waals surface area (Å²) in [5.74, 6) is 0.151. The van der Waals surface area contributed by atoms with E-state index in [-0.39, 0.29) is 5.91 Å². The Morgan fingerprint density at radius 2 is 1.79 bits per heavy atom. The van der Waals surface area contributed by atoms with Gasteiger partial charge in [-0.05, 0) is 43.2 Å². The fraction of sp³-hybridized carbons (Fsp3) is 0.304. The van der Waals surface area contributed by atoms with Gasteiger partial charge in [-0.1, -0.05) is 35.9 Å². The molecule has 0 spiro atoms. The maximum atomic E-state index is 12.8. The second kappa shape index (κ2) is 8.56. The van der Waals surface area contributed by atoms with Gasteiger partial charge >= 0.3 is 0 Å². The number of carbonyl (C=O) groups is 1. The molecular formula is C23H24ClN3OS. The molecule has 1 aliphatic heterocycles. The zero-order valence-corrected chi connectivity index (χ0v) is 18.3. The van der Waals surface area contributed by atoms with Crippen LogP contribution >= 0.6 is 22.9 Å². The molecule has 1 aromatic heterocycles. The van der Waals surface area contributed by atoms with Gasteiger partial charge in [-0.3, -0.25) is 4.79 Å². The molecular weight excluding hydrogens is 402 g/mol. The van der Waals surface area contributed by atoms with Crippen molar-refractivity contribution in [1.82, 2.24) is 9.88 Å². The molecule has 150 valence electrons. The molecule has 4 nitrogen and oxygen atoms in total. The van der Waals surface area contributed by atoms with Crippen LogP contribution in [0.25, 0.3) is 10.6 Å². The predicted octanol–water partition coefficient (Wildman–Crippen LogP) is 4.97. The summed E-state index contributed by atoms with van der Waals surface area (Å²) in [6.07, 6.45) is 0.355. The molecule has 0 N–H and O–H groups in total. The topological polar surface area (TPSA) is 36.4 Å². The third kappa shape index (κ3) is 4.46. The molecule has 1 fully saturated rings. The van der Waals surface area contributed by atoms with Crippen molar-refractivity contribution < 1.29 is 4.79 Å². The molecule has 0 saturated carbocycles. The fourth-order valence-corrected chi connectivity index (χ4v) is 4.61. The Labute approximate surface area is 180 Å². The molecule has 0 bridgehead atoms. The SMILES string of the molecule is Cc1cccc(N2CCN(C(=O)Cc3csc(-c4ccc(Cl)cc4)n3)CC2)c1C. The van der Waals surface area contributed by atoms with E-state index in [1.165, 1.54) is 16.8 Å². The molecule has 0 radical (unpaired) electrons. The van der Waals surface area contributed by atoms with Crippen LogP contribution in [0, 0.1) is 13.8 Å². The first-order valence-corrected chi connectivity index (χ1v) is 11.1. The zero-order valence-electron chi connectivity index (χ0n) is 16.7. The minimum Gasteiger partial charge on any atom is -0.368 e. The minimum atomic E-state index is 0.151. The van der Waals surface area contributed by atoms with Gasteiger partial charge in [0.15, 0.2) is 0 Å². The molecule has 0 unspecified atom stereocenters. The van der Waals surface area contributed by atoms with Gasteiger partial charge in [0.1, 0.15) is 5.01 Å². The maximum Gasteiger partial charge on any atom is 0.228 e. The van der Waals surface area contributed by atoms with Crippen molar-refractivity contribution in [3.05, 3.63) is 69.7 Å². The molecule has 2 heterocycles. The second-order valence-corrected chi connectivity index (χ2v) is 8.71. The molecule has 1 saturated heterocycles. The number of hydrogen-bond donors (Lipinski definition) is 0. The van der Waals surface area contributed by atoms with E-state index >= 15 is 0 Å². The summed E-state index contributed by atoms with van der Waals surface area (Å²) < 4.78 is 0. The van der Waals surface area contributed by atoms with Crippen LogP contribution in [-0.4, -0.2) is 42.0 Å². The highest BCUT2D eigenvalue weighted by molar-refractivity contribution is 7.13. The van der Waals surface area contributed by atoms with Gasteiger partial charge in [-0.25, -0.2) is 4.98 Å². The molecule has 4 rings (SSSR count). The van der Waals surface area contributed by atoms with Crippen molar-refractivity contribution in [1.29, 1.82) is 0 Å². The van der Waals surface area contributed by atoms with Crippen molar-refractivity contribution in [2.24, 2.45) is 0 Å². The number of anilines is 1. The number of aryl methyl sites for hydroxylation is 1. The van der Waals surface area contributed by atoms with Crippen LogP contribution in [0.5, 0.6) is 0 Å². The molecule has 2 aromatic carbocycles. The van der Waals surface area contributed by atoms with Crippen LogP contribution in [0.2, 0.25) is 5.02 Å². The Bertz CT molecular complexity index is 1010. The van der Waals surface area contributed by atoms with E-state index in [4.69, 9.17) is 11.6 Å². The minimum absolute atomic E-state index is 0.151. The largest absolute Gasteiger partial charge is 0.368 e. The van der Waals surface area contributed by atoms with E-state index in [9.17, 15) is 4.79 Å². The molecule has 1 amide bonds. The smallest absolute Gasteiger partial charge is 0.228 e. The number of rotatable bonds is 4. The van der Waals surface area contributed by atoms with Crippen LogP contribution in [0.15, 0.2) is 47.8 Å². The molecule has 1 aliphatic rings. The lowest BCUT2D eigenvalue weighted by Crippen LogP contribution is -2.49. The van der Waals surface area contributed by atoms with Crippen LogP contribution in [0.4, 0.5) is 5.69 Å². The first kappa shape index (κ1) is 19.9. The van der Waals surface area contributed by atoms with Gasteiger partial charge in [0, 0.05) is 47.8 Å². The van der Waals surface area contributed by atoms with Gasteiger partial charge in [0.25, 0.3) is 0 Å². The number of benzene rings is 2. The Morgan fingerprint density at radius 3 is 2.52 bits per heavy atom. The summed E-state index contributed by atoms with van der Waals surface area (Å²) in [6.45, 7) is 7.54. The third-order valence-electron chi connectivity index (χ3n) is 5.52. The summed E-state index contributed by atoms with van der Waals surface area (Å²) >= 11 is 7.52. The Kier molecular flexibility index (Phi) is 5.88. The first-order valence-electron chi connectivity index (χ1n) is 9.80. The maximum absolute atomic E-state index is 12.8. The third-order valence-corrected chi connectivity index (χ3v) is 6.72. The van der Waals surface area contributed by atoms with Gasteiger partial charge < -0.3 is 9.80 Å². The number of thiazole rings is 1. The first-order chi connectivity index (χ1) is 14.0. The monoisotopic (exact) mass is 425 g/mol. The fourth-order valence-electron chi connectivity index (χ4n) is 3.65. The molecule has 6 heteroatoms. The van der Waals surface area contributed by atoms with Crippen molar-refractivity contribution >= 4 is 34.5 Å². The van der Waals surface area contributed by atoms with Gasteiger partial charge in [-0.2, -0.15) is 0 Å². The van der Waals surface area contributed by atoms with E-state index in [1.54, 1.807) is 11.3 Å². The van der Waals surface area contributed by atoms with Gasteiger partial charge in [-0.15, -0.1) is 11.3 Å². The lowest BCUT2D eigenvalue weighted by molar-refractivity contribution is -0.130. The van der Waals surface area contributed by atoms with E-state index in [0.717, 1.165) is 42.4 Å². The van der Waals surface area contributed by atoms with Gasteiger partial charge in [0.2, 0.25) is 5.91 Å². The summed E-state index contributed by atoms with van der Waals surface area (Å²) in [6, 6.07) is 14.1. The van der Waals surface area contributed by atoms with Crippen LogP contribution in [-0.2, 0) is 11.2 Å². The average molecular weight is 426 g/mol. The number of aromatic nitrogens is 1. The Hall–Kier alpha value is -2.37. The standard InChI is InChI=1S/C23H24ClN3OS/c1-16-4-3-5-21(17(16)2)26-10-12-27(13-11-26)22(28)14-20-15-29-23(25-20)18-6-8-19(24)9-7-18/h3-9,15H,10-14H2,1-2H3. The molecule has 0 aliphatic carbocycles. The number of halogens is 1. The van der Waals surface area contributed by atoms with E-state index in [0.29, 0.717) is 11.4 Å². The van der Waals surface area contributed by atoms with Crippen molar-refractivity contribution in [3.8, 4) is 10.6 Å². The van der Waals surface area contributed by atoms with Crippen LogP contribution in [0.3, 0.4) is 0 Å². The van der Waals surface area contributed by atoms with Gasteiger partial charge in [0.05, 0.1) is 12.1 Å². The van der Waals surface area contributed by atoms with Crippen molar-refractivity contribution in [2.75, 3.05) is 31.1 Å².